The van der Waals surface area contributed by atoms with Gasteiger partial charge >= 0.3 is 0 Å². The van der Waals surface area contributed by atoms with Crippen LogP contribution >= 0.6 is 11.6 Å². The molecule has 0 aliphatic carbocycles. The largest absolute Gasteiger partial charge is 0.324 e. The van der Waals surface area contributed by atoms with Crippen molar-refractivity contribution in [2.75, 3.05) is 0 Å². The van der Waals surface area contributed by atoms with Gasteiger partial charge in [0.05, 0.1) is 5.02 Å². The number of nitrogens with two attached hydrogens (primary N) is 1. The van der Waals surface area contributed by atoms with Crippen molar-refractivity contribution in [2.24, 2.45) is 5.73 Å². The highest BCUT2D eigenvalue weighted by molar-refractivity contribution is 6.30. The van der Waals surface area contributed by atoms with E-state index in [-0.39, 0.29) is 6.04 Å². The van der Waals surface area contributed by atoms with Crippen LogP contribution in [0.15, 0.2) is 31.1 Å². The molecule has 0 saturated carbocycles. The second kappa shape index (κ2) is 4.24. The number of pyridine rings is 1. The Morgan fingerprint density at radius 3 is 3.00 bits per heavy atom. The minimum absolute atomic E-state index is 0.0475. The maximum Gasteiger partial charge on any atom is 0.0592 e. The summed E-state index contributed by atoms with van der Waals surface area (Å²) in [6, 6.07) is 1.77. The maximum atomic E-state index is 5.80. The van der Waals surface area contributed by atoms with Gasteiger partial charge in [0.15, 0.2) is 0 Å². The zero-order valence-electron chi connectivity index (χ0n) is 6.70. The van der Waals surface area contributed by atoms with E-state index < -0.39 is 0 Å². The third-order valence-electron chi connectivity index (χ3n) is 1.57. The molecule has 0 spiro atoms. The summed E-state index contributed by atoms with van der Waals surface area (Å²) in [6.07, 6.45) is 5.83. The fourth-order valence-electron chi connectivity index (χ4n) is 0.947. The Morgan fingerprint density at radius 2 is 2.42 bits per heavy atom. The number of hydrogen-bond donors (Lipinski definition) is 1. The molecule has 2 N–H and O–H groups in total. The zero-order chi connectivity index (χ0) is 8.97. The summed E-state index contributed by atoms with van der Waals surface area (Å²) < 4.78 is 0. The number of rotatable bonds is 3. The number of hydrogen-bond acceptors (Lipinski definition) is 2. The summed E-state index contributed by atoms with van der Waals surface area (Å²) in [5.41, 5.74) is 6.75. The molecule has 1 rings (SSSR count). The molecule has 0 bridgehead atoms. The Morgan fingerprint density at radius 1 is 1.67 bits per heavy atom. The molecule has 1 atom stereocenters. The maximum absolute atomic E-state index is 5.80. The molecular weight excluding hydrogens is 172 g/mol. The Balaban J connectivity index is 2.80. The van der Waals surface area contributed by atoms with Crippen molar-refractivity contribution >= 4 is 11.6 Å². The Kier molecular flexibility index (Phi) is 3.26. The first-order valence-corrected chi connectivity index (χ1v) is 4.08. The van der Waals surface area contributed by atoms with Crippen molar-refractivity contribution in [1.29, 1.82) is 0 Å². The minimum Gasteiger partial charge on any atom is -0.324 e. The highest BCUT2D eigenvalue weighted by Gasteiger charge is 2.03. The van der Waals surface area contributed by atoms with Crippen molar-refractivity contribution in [2.45, 2.75) is 12.5 Å². The van der Waals surface area contributed by atoms with E-state index >= 15 is 0 Å². The summed E-state index contributed by atoms with van der Waals surface area (Å²) in [5, 5.41) is 0.618. The van der Waals surface area contributed by atoms with Crippen LogP contribution in [-0.2, 0) is 0 Å². The van der Waals surface area contributed by atoms with Gasteiger partial charge in [-0.15, -0.1) is 6.58 Å². The first-order valence-electron chi connectivity index (χ1n) is 3.71. The molecule has 0 fully saturated rings. The molecule has 0 radical (unpaired) electrons. The van der Waals surface area contributed by atoms with Crippen LogP contribution in [0.25, 0.3) is 0 Å². The molecule has 0 unspecified atom stereocenters. The van der Waals surface area contributed by atoms with Gasteiger partial charge in [-0.25, -0.2) is 0 Å². The van der Waals surface area contributed by atoms with E-state index in [4.69, 9.17) is 17.3 Å². The average molecular weight is 183 g/mol. The number of halogens is 1. The summed E-state index contributed by atoms with van der Waals surface area (Å²) in [7, 11) is 0. The number of nitrogens with zero attached hydrogens (tertiary/aromatic N) is 1. The summed E-state index contributed by atoms with van der Waals surface area (Å²) in [5.74, 6) is 0. The standard InChI is InChI=1S/C9H11ClN2/c1-2-3-9(11)7-4-8(10)6-12-5-7/h2,4-6,9H,1,3,11H2/t9-/m1/s1. The van der Waals surface area contributed by atoms with E-state index in [2.05, 4.69) is 11.6 Å². The third kappa shape index (κ3) is 2.32. The average Bonchev–Trinajstić information content (AvgIpc) is 2.05. The van der Waals surface area contributed by atoms with Crippen LogP contribution in [-0.4, -0.2) is 4.98 Å². The predicted molar refractivity (Wildman–Crippen MR) is 51.0 cm³/mol. The predicted octanol–water partition coefficient (Wildman–Crippen LogP) is 2.31. The zero-order valence-corrected chi connectivity index (χ0v) is 7.46. The SMILES string of the molecule is C=CC[C@@H](N)c1cncc(Cl)c1. The van der Waals surface area contributed by atoms with Gasteiger partial charge in [-0.05, 0) is 18.1 Å². The lowest BCUT2D eigenvalue weighted by Gasteiger charge is -2.08. The first-order chi connectivity index (χ1) is 5.74. The van der Waals surface area contributed by atoms with Crippen molar-refractivity contribution in [1.82, 2.24) is 4.98 Å². The van der Waals surface area contributed by atoms with Gasteiger partial charge in [-0.1, -0.05) is 17.7 Å². The normalized spacial score (nSPS) is 12.5. The monoisotopic (exact) mass is 182 g/mol. The lowest BCUT2D eigenvalue weighted by Crippen LogP contribution is -2.08. The van der Waals surface area contributed by atoms with Crippen LogP contribution in [0.5, 0.6) is 0 Å². The van der Waals surface area contributed by atoms with Crippen molar-refractivity contribution in [3.8, 4) is 0 Å². The molecule has 1 aromatic heterocycles. The lowest BCUT2D eigenvalue weighted by atomic mass is 10.1. The second-order valence-electron chi connectivity index (χ2n) is 2.57. The van der Waals surface area contributed by atoms with Gasteiger partial charge in [0.2, 0.25) is 0 Å². The summed E-state index contributed by atoms with van der Waals surface area (Å²) in [6.45, 7) is 3.62. The molecule has 1 aromatic rings. The van der Waals surface area contributed by atoms with E-state index in [1.165, 1.54) is 0 Å². The molecule has 0 aliphatic rings. The quantitative estimate of drug-likeness (QED) is 0.729. The van der Waals surface area contributed by atoms with Crippen LogP contribution in [0, 0.1) is 0 Å². The third-order valence-corrected chi connectivity index (χ3v) is 1.78. The molecule has 64 valence electrons. The molecule has 0 aliphatic heterocycles. The van der Waals surface area contributed by atoms with E-state index in [1.54, 1.807) is 18.5 Å². The molecule has 0 amide bonds. The van der Waals surface area contributed by atoms with Crippen LogP contribution in [0.4, 0.5) is 0 Å². The fraction of sp³-hybridized carbons (Fsp3) is 0.222. The molecule has 0 saturated heterocycles. The van der Waals surface area contributed by atoms with Crippen LogP contribution < -0.4 is 5.73 Å². The fourth-order valence-corrected chi connectivity index (χ4v) is 1.13. The lowest BCUT2D eigenvalue weighted by molar-refractivity contribution is 0.737. The van der Waals surface area contributed by atoms with Gasteiger partial charge in [-0.2, -0.15) is 0 Å². The van der Waals surface area contributed by atoms with Crippen LogP contribution in [0.3, 0.4) is 0 Å². The highest BCUT2D eigenvalue weighted by Crippen LogP contribution is 2.16. The highest BCUT2D eigenvalue weighted by atomic mass is 35.5. The van der Waals surface area contributed by atoms with E-state index in [9.17, 15) is 0 Å². The van der Waals surface area contributed by atoms with E-state index in [0.717, 1.165) is 12.0 Å². The number of aromatic nitrogens is 1. The van der Waals surface area contributed by atoms with Gasteiger partial charge in [0.1, 0.15) is 0 Å². The Hall–Kier alpha value is -0.860. The molecule has 2 nitrogen and oxygen atoms in total. The molecule has 1 heterocycles. The topological polar surface area (TPSA) is 38.9 Å². The van der Waals surface area contributed by atoms with Crippen LogP contribution in [0.2, 0.25) is 5.02 Å². The smallest absolute Gasteiger partial charge is 0.0592 e. The Bertz CT molecular complexity index is 273. The van der Waals surface area contributed by atoms with Gasteiger partial charge < -0.3 is 5.73 Å². The molecule has 0 aromatic carbocycles. The van der Waals surface area contributed by atoms with E-state index in [0.29, 0.717) is 5.02 Å². The van der Waals surface area contributed by atoms with Gasteiger partial charge in [-0.3, -0.25) is 4.98 Å². The van der Waals surface area contributed by atoms with Crippen molar-refractivity contribution in [3.63, 3.8) is 0 Å². The Labute approximate surface area is 77.1 Å². The van der Waals surface area contributed by atoms with Crippen molar-refractivity contribution < 1.29 is 0 Å². The first kappa shape index (κ1) is 9.23. The molecule has 3 heteroatoms. The summed E-state index contributed by atoms with van der Waals surface area (Å²) in [4.78, 5) is 3.94. The van der Waals surface area contributed by atoms with Gasteiger partial charge in [0, 0.05) is 18.4 Å². The van der Waals surface area contributed by atoms with Crippen molar-refractivity contribution in [3.05, 3.63) is 41.7 Å². The van der Waals surface area contributed by atoms with Crippen LogP contribution in [0.1, 0.15) is 18.0 Å². The minimum atomic E-state index is -0.0475. The van der Waals surface area contributed by atoms with Gasteiger partial charge in [0.25, 0.3) is 0 Å². The second-order valence-corrected chi connectivity index (χ2v) is 3.00. The van der Waals surface area contributed by atoms with E-state index in [1.807, 2.05) is 6.07 Å². The summed E-state index contributed by atoms with van der Waals surface area (Å²) >= 11 is 5.75. The molecule has 12 heavy (non-hydrogen) atoms. The molecular formula is C9H11ClN2.